The minimum Gasteiger partial charge on any atom is -0.238 e. The van der Waals surface area contributed by atoms with Crippen molar-refractivity contribution in [3.05, 3.63) is 35.9 Å². The van der Waals surface area contributed by atoms with E-state index < -0.39 is 0 Å². The first kappa shape index (κ1) is 12.7. The Balaban J connectivity index is 2.04. The predicted octanol–water partition coefficient (Wildman–Crippen LogP) is 4.33. The summed E-state index contributed by atoms with van der Waals surface area (Å²) in [6, 6.07) is 11.5. The van der Waals surface area contributed by atoms with Gasteiger partial charge in [-0.2, -0.15) is 0 Å². The topological polar surface area (TPSA) is 3.24 Å². The molecule has 1 heterocycles. The average molecular weight is 347 g/mol. The summed E-state index contributed by atoms with van der Waals surface area (Å²) in [5.41, 5.74) is 1.93. The SMILES string of the molecule is CC1(C)CC(Cc2ccccc2)N(SI)C1. The van der Waals surface area contributed by atoms with Gasteiger partial charge in [0, 0.05) is 33.8 Å². The molecule has 1 aliphatic rings. The molecule has 88 valence electrons. The van der Waals surface area contributed by atoms with E-state index in [9.17, 15) is 0 Å². The van der Waals surface area contributed by atoms with Crippen molar-refractivity contribution < 1.29 is 0 Å². The third-order valence-corrected chi connectivity index (χ3v) is 5.30. The molecule has 0 aliphatic carbocycles. The fourth-order valence-electron chi connectivity index (χ4n) is 2.50. The van der Waals surface area contributed by atoms with Crippen LogP contribution in [0.1, 0.15) is 25.8 Å². The lowest BCUT2D eigenvalue weighted by molar-refractivity contribution is 0.390. The quantitative estimate of drug-likeness (QED) is 0.592. The first-order valence-corrected chi connectivity index (χ1v) is 9.02. The van der Waals surface area contributed by atoms with Crippen molar-refractivity contribution in [2.24, 2.45) is 5.41 Å². The van der Waals surface area contributed by atoms with E-state index in [1.165, 1.54) is 24.9 Å². The zero-order valence-electron chi connectivity index (χ0n) is 9.82. The van der Waals surface area contributed by atoms with E-state index in [0.717, 1.165) is 0 Å². The summed E-state index contributed by atoms with van der Waals surface area (Å²) in [5, 5.41) is 0. The van der Waals surface area contributed by atoms with Crippen LogP contribution >= 0.6 is 30.3 Å². The zero-order valence-corrected chi connectivity index (χ0v) is 12.8. The second kappa shape index (κ2) is 5.27. The predicted molar refractivity (Wildman–Crippen MR) is 80.6 cm³/mol. The van der Waals surface area contributed by atoms with E-state index in [2.05, 4.69) is 69.7 Å². The maximum atomic E-state index is 2.54. The molecule has 1 aliphatic heterocycles. The Morgan fingerprint density at radius 3 is 2.69 bits per heavy atom. The van der Waals surface area contributed by atoms with E-state index in [1.54, 1.807) is 0 Å². The monoisotopic (exact) mass is 347 g/mol. The van der Waals surface area contributed by atoms with Crippen LogP contribution in [0.4, 0.5) is 0 Å². The molecule has 0 N–H and O–H groups in total. The highest BCUT2D eigenvalue weighted by Gasteiger charge is 2.37. The van der Waals surface area contributed by atoms with Crippen LogP contribution in [0.5, 0.6) is 0 Å². The van der Waals surface area contributed by atoms with Gasteiger partial charge < -0.3 is 0 Å². The molecule has 1 nitrogen and oxygen atoms in total. The van der Waals surface area contributed by atoms with Crippen molar-refractivity contribution in [2.75, 3.05) is 6.54 Å². The summed E-state index contributed by atoms with van der Waals surface area (Å²) < 4.78 is 2.54. The molecule has 16 heavy (non-hydrogen) atoms. The molecular formula is C13H18INS. The molecular weight excluding hydrogens is 329 g/mol. The van der Waals surface area contributed by atoms with E-state index in [1.807, 2.05) is 9.12 Å². The van der Waals surface area contributed by atoms with Gasteiger partial charge in [0.2, 0.25) is 0 Å². The van der Waals surface area contributed by atoms with Crippen molar-refractivity contribution in [1.29, 1.82) is 0 Å². The maximum absolute atomic E-state index is 2.54. The highest BCUT2D eigenvalue weighted by atomic mass is 127. The van der Waals surface area contributed by atoms with Gasteiger partial charge >= 0.3 is 0 Å². The third-order valence-electron chi connectivity index (χ3n) is 3.18. The van der Waals surface area contributed by atoms with Crippen LogP contribution < -0.4 is 0 Å². The van der Waals surface area contributed by atoms with E-state index in [-0.39, 0.29) is 0 Å². The van der Waals surface area contributed by atoms with Crippen LogP contribution in [0.25, 0.3) is 0 Å². The molecule has 1 atom stereocenters. The minimum absolute atomic E-state index is 0.470. The van der Waals surface area contributed by atoms with Crippen molar-refractivity contribution in [2.45, 2.75) is 32.7 Å². The molecule has 0 bridgehead atoms. The normalized spacial score (nSPS) is 24.8. The molecule has 1 aromatic rings. The van der Waals surface area contributed by atoms with Crippen LogP contribution in [0.15, 0.2) is 30.3 Å². The number of nitrogens with zero attached hydrogens (tertiary/aromatic N) is 1. The number of benzene rings is 1. The van der Waals surface area contributed by atoms with E-state index in [0.29, 0.717) is 11.5 Å². The van der Waals surface area contributed by atoms with Gasteiger partial charge in [0.15, 0.2) is 0 Å². The highest BCUT2D eigenvalue weighted by molar-refractivity contribution is 14.2. The Kier molecular flexibility index (Phi) is 4.19. The van der Waals surface area contributed by atoms with Crippen molar-refractivity contribution in [3.8, 4) is 0 Å². The van der Waals surface area contributed by atoms with Crippen LogP contribution in [-0.4, -0.2) is 16.9 Å². The molecule has 1 aromatic carbocycles. The fourth-order valence-corrected chi connectivity index (χ4v) is 4.54. The standard InChI is InChI=1S/C13H18INS/c1-13(2)9-12(15(10-13)16-14)8-11-6-4-3-5-7-11/h3-7,12H,8-10H2,1-2H3. The van der Waals surface area contributed by atoms with E-state index >= 15 is 0 Å². The van der Waals surface area contributed by atoms with Gasteiger partial charge in [-0.1, -0.05) is 44.2 Å². The Bertz CT molecular complexity index is 339. The van der Waals surface area contributed by atoms with Gasteiger partial charge in [0.25, 0.3) is 0 Å². The van der Waals surface area contributed by atoms with Crippen LogP contribution in [-0.2, 0) is 6.42 Å². The first-order valence-electron chi connectivity index (χ1n) is 5.70. The minimum atomic E-state index is 0.470. The molecule has 2 rings (SSSR count). The summed E-state index contributed by atoms with van der Waals surface area (Å²) in [6.45, 7) is 5.95. The maximum Gasteiger partial charge on any atom is 0.0256 e. The molecule has 1 unspecified atom stereocenters. The van der Waals surface area contributed by atoms with Gasteiger partial charge in [0.05, 0.1) is 0 Å². The first-order chi connectivity index (χ1) is 7.61. The van der Waals surface area contributed by atoms with E-state index in [4.69, 9.17) is 0 Å². The number of hydrogen-bond donors (Lipinski definition) is 0. The molecule has 0 spiro atoms. The molecule has 0 saturated carbocycles. The number of rotatable bonds is 3. The van der Waals surface area contributed by atoms with Crippen LogP contribution in [0.3, 0.4) is 0 Å². The lowest BCUT2D eigenvalue weighted by atomic mass is 9.89. The lowest BCUT2D eigenvalue weighted by Gasteiger charge is -2.20. The molecule has 0 radical (unpaired) electrons. The molecule has 0 amide bonds. The fraction of sp³-hybridized carbons (Fsp3) is 0.538. The Morgan fingerprint density at radius 1 is 1.38 bits per heavy atom. The summed E-state index contributed by atoms with van der Waals surface area (Å²) in [4.78, 5) is 0. The lowest BCUT2D eigenvalue weighted by Crippen LogP contribution is -2.23. The Labute approximate surface area is 115 Å². The largest absolute Gasteiger partial charge is 0.238 e. The number of halogens is 1. The van der Waals surface area contributed by atoms with Gasteiger partial charge in [-0.3, -0.25) is 0 Å². The smallest absolute Gasteiger partial charge is 0.0256 e. The average Bonchev–Trinajstić information content (AvgIpc) is 2.54. The van der Waals surface area contributed by atoms with Gasteiger partial charge in [0.1, 0.15) is 0 Å². The second-order valence-corrected chi connectivity index (χ2v) is 7.14. The zero-order chi connectivity index (χ0) is 11.6. The third kappa shape index (κ3) is 3.14. The summed E-state index contributed by atoms with van der Waals surface area (Å²) in [7, 11) is 1.87. The molecule has 1 fully saturated rings. The van der Waals surface area contributed by atoms with Gasteiger partial charge in [-0.25, -0.2) is 4.31 Å². The van der Waals surface area contributed by atoms with Gasteiger partial charge in [-0.05, 0) is 32.9 Å². The van der Waals surface area contributed by atoms with Crippen LogP contribution in [0, 0.1) is 5.41 Å². The molecule has 1 saturated heterocycles. The van der Waals surface area contributed by atoms with Gasteiger partial charge in [-0.15, -0.1) is 0 Å². The number of hydrogen-bond acceptors (Lipinski definition) is 2. The van der Waals surface area contributed by atoms with Crippen molar-refractivity contribution >= 4 is 30.3 Å². The van der Waals surface area contributed by atoms with Crippen molar-refractivity contribution in [1.82, 2.24) is 4.31 Å². The van der Waals surface area contributed by atoms with Crippen molar-refractivity contribution in [3.63, 3.8) is 0 Å². The Hall–Kier alpha value is 0.260. The second-order valence-electron chi connectivity index (χ2n) is 5.36. The Morgan fingerprint density at radius 2 is 2.06 bits per heavy atom. The molecule has 0 aromatic heterocycles. The van der Waals surface area contributed by atoms with Crippen LogP contribution in [0.2, 0.25) is 0 Å². The summed E-state index contributed by atoms with van der Waals surface area (Å²) in [6.07, 6.45) is 2.48. The molecule has 3 heteroatoms. The summed E-state index contributed by atoms with van der Waals surface area (Å²) in [5.74, 6) is 0. The highest BCUT2D eigenvalue weighted by Crippen LogP contribution is 2.40. The summed E-state index contributed by atoms with van der Waals surface area (Å²) >= 11 is 2.41.